The average molecular weight is 329 g/mol. The van der Waals surface area contributed by atoms with Crippen molar-refractivity contribution in [1.29, 1.82) is 0 Å². The van der Waals surface area contributed by atoms with Crippen molar-refractivity contribution in [1.82, 2.24) is 5.32 Å². The van der Waals surface area contributed by atoms with Crippen molar-refractivity contribution in [3.05, 3.63) is 53.6 Å². The van der Waals surface area contributed by atoms with E-state index < -0.39 is 6.10 Å². The monoisotopic (exact) mass is 329 g/mol. The maximum Gasteiger partial charge on any atom is 0.260 e. The van der Waals surface area contributed by atoms with Gasteiger partial charge >= 0.3 is 0 Å². The van der Waals surface area contributed by atoms with Crippen LogP contribution in [0.25, 0.3) is 0 Å². The van der Waals surface area contributed by atoms with E-state index >= 15 is 0 Å². The van der Waals surface area contributed by atoms with E-state index in [1.54, 1.807) is 13.0 Å². The third kappa shape index (κ3) is 4.91. The summed E-state index contributed by atoms with van der Waals surface area (Å²) in [7, 11) is 0. The quantitative estimate of drug-likeness (QED) is 0.712. The van der Waals surface area contributed by atoms with Gasteiger partial charge in [-0.2, -0.15) is 0 Å². The lowest BCUT2D eigenvalue weighted by atomic mass is 10.1. The second kappa shape index (κ2) is 7.73. The molecule has 0 aromatic heterocycles. The summed E-state index contributed by atoms with van der Waals surface area (Å²) in [6.45, 7) is 5.57. The molecule has 0 aliphatic carbocycles. The number of phenols is 2. The first-order valence-electron chi connectivity index (χ1n) is 7.89. The summed E-state index contributed by atoms with van der Waals surface area (Å²) < 4.78 is 5.63. The second-order valence-electron chi connectivity index (χ2n) is 6.01. The standard InChI is InChI=1S/C19H23NO4/c1-12-4-7-16(8-5-12)24-14(3)19(23)20-13(2)10-15-6-9-17(21)18(22)11-15/h4-9,11,13-14,21-22H,10H2,1-3H3,(H,20,23)/t13-,14-/m0/s1. The number of hydrogen-bond acceptors (Lipinski definition) is 4. The number of aromatic hydroxyl groups is 2. The highest BCUT2D eigenvalue weighted by Gasteiger charge is 2.17. The van der Waals surface area contributed by atoms with Crippen molar-refractivity contribution in [3.8, 4) is 17.2 Å². The van der Waals surface area contributed by atoms with Crippen molar-refractivity contribution in [2.24, 2.45) is 0 Å². The first-order chi connectivity index (χ1) is 11.3. The minimum Gasteiger partial charge on any atom is -0.504 e. The molecule has 0 aliphatic rings. The Kier molecular flexibility index (Phi) is 5.68. The van der Waals surface area contributed by atoms with Crippen LogP contribution in [0.1, 0.15) is 25.0 Å². The van der Waals surface area contributed by atoms with E-state index in [0.717, 1.165) is 11.1 Å². The van der Waals surface area contributed by atoms with E-state index in [0.29, 0.717) is 12.2 Å². The highest BCUT2D eigenvalue weighted by molar-refractivity contribution is 5.81. The van der Waals surface area contributed by atoms with E-state index in [4.69, 9.17) is 4.74 Å². The Balaban J connectivity index is 1.87. The second-order valence-corrected chi connectivity index (χ2v) is 6.01. The molecule has 0 saturated carbocycles. The number of ether oxygens (including phenoxy) is 1. The van der Waals surface area contributed by atoms with Gasteiger partial charge in [-0.3, -0.25) is 4.79 Å². The third-order valence-corrected chi connectivity index (χ3v) is 3.67. The molecule has 0 saturated heterocycles. The number of nitrogens with one attached hydrogen (secondary N) is 1. The SMILES string of the molecule is Cc1ccc(O[C@@H](C)C(=O)N[C@@H](C)Cc2ccc(O)c(O)c2)cc1. The molecule has 5 heteroatoms. The molecule has 128 valence electrons. The van der Waals surface area contributed by atoms with Gasteiger partial charge in [0.2, 0.25) is 0 Å². The Bertz CT molecular complexity index is 697. The molecule has 0 unspecified atom stereocenters. The first-order valence-corrected chi connectivity index (χ1v) is 7.89. The van der Waals surface area contributed by atoms with Crippen LogP contribution in [0.3, 0.4) is 0 Å². The fourth-order valence-electron chi connectivity index (χ4n) is 2.34. The number of phenolic OH excluding ortho intramolecular Hbond substituents is 2. The summed E-state index contributed by atoms with van der Waals surface area (Å²) in [5.41, 5.74) is 1.95. The van der Waals surface area contributed by atoms with Gasteiger partial charge < -0.3 is 20.3 Å². The van der Waals surface area contributed by atoms with Crippen molar-refractivity contribution >= 4 is 5.91 Å². The van der Waals surface area contributed by atoms with Crippen molar-refractivity contribution < 1.29 is 19.7 Å². The highest BCUT2D eigenvalue weighted by atomic mass is 16.5. The van der Waals surface area contributed by atoms with Crippen molar-refractivity contribution in [2.45, 2.75) is 39.3 Å². The molecule has 2 atom stereocenters. The molecule has 1 amide bonds. The van der Waals surface area contributed by atoms with E-state index in [-0.39, 0.29) is 23.4 Å². The highest BCUT2D eigenvalue weighted by Crippen LogP contribution is 2.25. The van der Waals surface area contributed by atoms with Gasteiger partial charge in [0, 0.05) is 6.04 Å². The minimum atomic E-state index is -0.608. The van der Waals surface area contributed by atoms with Gasteiger partial charge in [-0.15, -0.1) is 0 Å². The molecular weight excluding hydrogens is 306 g/mol. The van der Waals surface area contributed by atoms with Crippen LogP contribution in [-0.4, -0.2) is 28.3 Å². The van der Waals surface area contributed by atoms with Crippen LogP contribution in [0.15, 0.2) is 42.5 Å². The third-order valence-electron chi connectivity index (χ3n) is 3.67. The number of carbonyl (C=O) groups is 1. The molecular formula is C19H23NO4. The summed E-state index contributed by atoms with van der Waals surface area (Å²) in [5.74, 6) is 0.128. The van der Waals surface area contributed by atoms with E-state index in [1.807, 2.05) is 38.1 Å². The lowest BCUT2D eigenvalue weighted by Gasteiger charge is -2.19. The lowest BCUT2D eigenvalue weighted by Crippen LogP contribution is -2.42. The van der Waals surface area contributed by atoms with Gasteiger partial charge in [0.05, 0.1) is 0 Å². The zero-order valence-electron chi connectivity index (χ0n) is 14.1. The van der Waals surface area contributed by atoms with Crippen LogP contribution in [0.4, 0.5) is 0 Å². The normalized spacial score (nSPS) is 13.1. The van der Waals surface area contributed by atoms with Gasteiger partial charge in [0.1, 0.15) is 5.75 Å². The molecule has 3 N–H and O–H groups in total. The molecule has 0 aliphatic heterocycles. The van der Waals surface area contributed by atoms with Gasteiger partial charge in [-0.25, -0.2) is 0 Å². The van der Waals surface area contributed by atoms with Gasteiger partial charge in [0.25, 0.3) is 5.91 Å². The molecule has 2 rings (SSSR count). The topological polar surface area (TPSA) is 78.8 Å². The van der Waals surface area contributed by atoms with E-state index in [1.165, 1.54) is 12.1 Å². The molecule has 5 nitrogen and oxygen atoms in total. The molecule has 2 aromatic rings. The zero-order valence-corrected chi connectivity index (χ0v) is 14.1. The summed E-state index contributed by atoms with van der Waals surface area (Å²) in [6.07, 6.45) is -0.0695. The van der Waals surface area contributed by atoms with Crippen LogP contribution < -0.4 is 10.1 Å². The maximum atomic E-state index is 12.2. The van der Waals surface area contributed by atoms with Crippen molar-refractivity contribution in [2.75, 3.05) is 0 Å². The Hall–Kier alpha value is -2.69. The molecule has 0 fully saturated rings. The lowest BCUT2D eigenvalue weighted by molar-refractivity contribution is -0.127. The number of benzene rings is 2. The van der Waals surface area contributed by atoms with Gasteiger partial charge in [-0.05, 0) is 57.0 Å². The maximum absolute atomic E-state index is 12.2. The first kappa shape index (κ1) is 17.7. The van der Waals surface area contributed by atoms with Crippen molar-refractivity contribution in [3.63, 3.8) is 0 Å². The molecule has 2 aromatic carbocycles. The number of hydrogen-bond donors (Lipinski definition) is 3. The molecule has 0 spiro atoms. The average Bonchev–Trinajstić information content (AvgIpc) is 2.53. The Morgan fingerprint density at radius 1 is 1.08 bits per heavy atom. The summed E-state index contributed by atoms with van der Waals surface area (Å²) >= 11 is 0. The predicted octanol–water partition coefficient (Wildman–Crippen LogP) is 2.92. The van der Waals surface area contributed by atoms with E-state index in [2.05, 4.69) is 5.32 Å². The summed E-state index contributed by atoms with van der Waals surface area (Å²) in [4.78, 5) is 12.2. The number of rotatable bonds is 6. The van der Waals surface area contributed by atoms with E-state index in [9.17, 15) is 15.0 Å². The molecule has 0 bridgehead atoms. The van der Waals surface area contributed by atoms with Crippen LogP contribution in [-0.2, 0) is 11.2 Å². The number of carbonyl (C=O) groups excluding carboxylic acids is 1. The molecule has 0 radical (unpaired) electrons. The summed E-state index contributed by atoms with van der Waals surface area (Å²) in [5, 5.41) is 21.7. The number of amides is 1. The molecule has 0 heterocycles. The van der Waals surface area contributed by atoms with Gasteiger partial charge in [0.15, 0.2) is 17.6 Å². The fraction of sp³-hybridized carbons (Fsp3) is 0.316. The number of aryl methyl sites for hydroxylation is 1. The van der Waals surface area contributed by atoms with Gasteiger partial charge in [-0.1, -0.05) is 23.8 Å². The Labute approximate surface area is 141 Å². The smallest absolute Gasteiger partial charge is 0.260 e. The minimum absolute atomic E-state index is 0.134. The Morgan fingerprint density at radius 3 is 2.38 bits per heavy atom. The van der Waals surface area contributed by atoms with Crippen LogP contribution in [0.5, 0.6) is 17.2 Å². The fourth-order valence-corrected chi connectivity index (χ4v) is 2.34. The summed E-state index contributed by atoms with van der Waals surface area (Å²) in [6, 6.07) is 12.0. The van der Waals surface area contributed by atoms with Crippen LogP contribution in [0.2, 0.25) is 0 Å². The zero-order chi connectivity index (χ0) is 17.7. The Morgan fingerprint density at radius 2 is 1.75 bits per heavy atom. The van der Waals surface area contributed by atoms with Crippen LogP contribution in [0, 0.1) is 6.92 Å². The van der Waals surface area contributed by atoms with Crippen LogP contribution >= 0.6 is 0 Å². The molecule has 24 heavy (non-hydrogen) atoms. The largest absolute Gasteiger partial charge is 0.504 e. The predicted molar refractivity (Wildman–Crippen MR) is 92.3 cm³/mol.